The van der Waals surface area contributed by atoms with Gasteiger partial charge in [-0.15, -0.1) is 11.8 Å². The van der Waals surface area contributed by atoms with Crippen molar-refractivity contribution in [3.63, 3.8) is 0 Å². The summed E-state index contributed by atoms with van der Waals surface area (Å²) >= 11 is 1.78. The van der Waals surface area contributed by atoms with Crippen LogP contribution >= 0.6 is 11.8 Å². The molecular weight excluding hydrogens is 233 g/mol. The van der Waals surface area contributed by atoms with Crippen molar-refractivity contribution in [1.29, 1.82) is 0 Å². The zero-order chi connectivity index (χ0) is 12.9. The van der Waals surface area contributed by atoms with E-state index in [1.54, 1.807) is 11.8 Å². The van der Waals surface area contributed by atoms with Crippen molar-refractivity contribution >= 4 is 11.8 Å². The molecule has 0 heterocycles. The van der Waals surface area contributed by atoms with Gasteiger partial charge in [-0.05, 0) is 57.5 Å². The van der Waals surface area contributed by atoms with E-state index in [1.807, 2.05) is 12.1 Å². The largest absolute Gasteiger partial charge is 0.312 e. The first-order valence-electron chi connectivity index (χ1n) is 6.00. The summed E-state index contributed by atoms with van der Waals surface area (Å²) in [7, 11) is 0. The van der Waals surface area contributed by atoms with Crippen LogP contribution in [0, 0.1) is 11.7 Å². The van der Waals surface area contributed by atoms with E-state index in [1.165, 1.54) is 12.1 Å². The minimum absolute atomic E-state index is 0.170. The van der Waals surface area contributed by atoms with Crippen LogP contribution in [0.1, 0.15) is 27.7 Å². The van der Waals surface area contributed by atoms with E-state index in [2.05, 4.69) is 33.0 Å². The monoisotopic (exact) mass is 255 g/mol. The standard InChI is InChI=1S/C14H22FNS/c1-11(9-16-14(2,3)4)10-17-13-7-5-12(15)6-8-13/h5-8,11,16H,9-10H2,1-4H3. The second kappa shape index (κ2) is 6.41. The SMILES string of the molecule is CC(CNC(C)(C)C)CSc1ccc(F)cc1. The first-order chi connectivity index (χ1) is 7.87. The van der Waals surface area contributed by atoms with Gasteiger partial charge >= 0.3 is 0 Å². The lowest BCUT2D eigenvalue weighted by molar-refractivity contribution is 0.395. The Hall–Kier alpha value is -0.540. The molecule has 0 bridgehead atoms. The summed E-state index contributed by atoms with van der Waals surface area (Å²) in [4.78, 5) is 1.13. The van der Waals surface area contributed by atoms with Crippen molar-refractivity contribution < 1.29 is 4.39 Å². The number of nitrogens with one attached hydrogen (secondary N) is 1. The topological polar surface area (TPSA) is 12.0 Å². The lowest BCUT2D eigenvalue weighted by atomic mass is 10.1. The maximum atomic E-state index is 12.7. The first kappa shape index (κ1) is 14.5. The second-order valence-corrected chi connectivity index (χ2v) is 6.59. The number of rotatable bonds is 5. The maximum absolute atomic E-state index is 12.7. The molecule has 17 heavy (non-hydrogen) atoms. The lowest BCUT2D eigenvalue weighted by Gasteiger charge is -2.23. The molecule has 1 N–H and O–H groups in total. The summed E-state index contributed by atoms with van der Waals surface area (Å²) in [5.74, 6) is 1.48. The molecule has 0 aliphatic rings. The van der Waals surface area contributed by atoms with Crippen molar-refractivity contribution in [3.8, 4) is 0 Å². The van der Waals surface area contributed by atoms with Gasteiger partial charge in [0.1, 0.15) is 5.82 Å². The van der Waals surface area contributed by atoms with Gasteiger partial charge in [0.2, 0.25) is 0 Å². The summed E-state index contributed by atoms with van der Waals surface area (Å²) in [6.45, 7) is 9.76. The third-order valence-electron chi connectivity index (χ3n) is 2.33. The predicted octanol–water partition coefficient (Wildman–Crippen LogP) is 3.94. The summed E-state index contributed by atoms with van der Waals surface area (Å²) < 4.78 is 12.7. The molecule has 0 radical (unpaired) electrons. The Labute approximate surface area is 108 Å². The van der Waals surface area contributed by atoms with Crippen LogP contribution in [0.4, 0.5) is 4.39 Å². The summed E-state index contributed by atoms with van der Waals surface area (Å²) in [5, 5.41) is 3.49. The number of halogens is 1. The summed E-state index contributed by atoms with van der Waals surface area (Å²) in [6.07, 6.45) is 0. The van der Waals surface area contributed by atoms with Crippen molar-refractivity contribution in [3.05, 3.63) is 30.1 Å². The van der Waals surface area contributed by atoms with Crippen LogP contribution in [0.5, 0.6) is 0 Å². The molecule has 0 fully saturated rings. The number of thioether (sulfide) groups is 1. The van der Waals surface area contributed by atoms with E-state index in [0.717, 1.165) is 17.2 Å². The minimum atomic E-state index is -0.170. The average molecular weight is 255 g/mol. The van der Waals surface area contributed by atoms with Crippen molar-refractivity contribution in [2.75, 3.05) is 12.3 Å². The highest BCUT2D eigenvalue weighted by atomic mass is 32.2. The highest BCUT2D eigenvalue weighted by molar-refractivity contribution is 7.99. The van der Waals surface area contributed by atoms with E-state index < -0.39 is 0 Å². The van der Waals surface area contributed by atoms with Gasteiger partial charge in [0.05, 0.1) is 0 Å². The number of hydrogen-bond donors (Lipinski definition) is 1. The fourth-order valence-electron chi connectivity index (χ4n) is 1.31. The van der Waals surface area contributed by atoms with Crippen LogP contribution in [-0.2, 0) is 0 Å². The van der Waals surface area contributed by atoms with Crippen LogP contribution in [0.15, 0.2) is 29.2 Å². The molecule has 3 heteroatoms. The molecule has 96 valence electrons. The van der Waals surface area contributed by atoms with Crippen LogP contribution in [0.25, 0.3) is 0 Å². The maximum Gasteiger partial charge on any atom is 0.123 e. The Morgan fingerprint density at radius 2 is 1.82 bits per heavy atom. The van der Waals surface area contributed by atoms with Gasteiger partial charge in [0.15, 0.2) is 0 Å². The zero-order valence-electron chi connectivity index (χ0n) is 11.1. The lowest BCUT2D eigenvalue weighted by Crippen LogP contribution is -2.39. The predicted molar refractivity (Wildman–Crippen MR) is 74.0 cm³/mol. The molecule has 1 aromatic carbocycles. The quantitative estimate of drug-likeness (QED) is 0.800. The van der Waals surface area contributed by atoms with Gasteiger partial charge < -0.3 is 5.32 Å². The molecule has 0 aromatic heterocycles. The molecule has 1 aromatic rings. The molecule has 0 saturated heterocycles. The second-order valence-electron chi connectivity index (χ2n) is 5.50. The van der Waals surface area contributed by atoms with E-state index >= 15 is 0 Å². The molecule has 1 nitrogen and oxygen atoms in total. The zero-order valence-corrected chi connectivity index (χ0v) is 11.9. The highest BCUT2D eigenvalue weighted by Gasteiger charge is 2.11. The van der Waals surface area contributed by atoms with Gasteiger partial charge in [-0.1, -0.05) is 6.92 Å². The summed E-state index contributed by atoms with van der Waals surface area (Å²) in [6, 6.07) is 6.70. The van der Waals surface area contributed by atoms with Crippen molar-refractivity contribution in [2.24, 2.45) is 5.92 Å². The Kier molecular flexibility index (Phi) is 5.47. The fourth-order valence-corrected chi connectivity index (χ4v) is 2.23. The van der Waals surface area contributed by atoms with Crippen LogP contribution in [0.3, 0.4) is 0 Å². The van der Waals surface area contributed by atoms with E-state index in [4.69, 9.17) is 0 Å². The van der Waals surface area contributed by atoms with Gasteiger partial charge in [0, 0.05) is 16.2 Å². The minimum Gasteiger partial charge on any atom is -0.312 e. The van der Waals surface area contributed by atoms with Gasteiger partial charge in [-0.25, -0.2) is 4.39 Å². The molecular formula is C14H22FNS. The van der Waals surface area contributed by atoms with Gasteiger partial charge in [-0.3, -0.25) is 0 Å². The Morgan fingerprint density at radius 1 is 1.24 bits per heavy atom. The number of benzene rings is 1. The molecule has 1 atom stereocenters. The first-order valence-corrected chi connectivity index (χ1v) is 6.99. The normalized spacial score (nSPS) is 13.7. The van der Waals surface area contributed by atoms with E-state index in [-0.39, 0.29) is 11.4 Å². The van der Waals surface area contributed by atoms with E-state index in [0.29, 0.717) is 5.92 Å². The molecule has 1 rings (SSSR count). The Balaban J connectivity index is 2.28. The summed E-state index contributed by atoms with van der Waals surface area (Å²) in [5.41, 5.74) is 0.175. The third kappa shape index (κ3) is 6.69. The molecule has 0 amide bonds. The van der Waals surface area contributed by atoms with Crippen molar-refractivity contribution in [2.45, 2.75) is 38.1 Å². The third-order valence-corrected chi connectivity index (χ3v) is 3.67. The molecule has 0 aliphatic carbocycles. The average Bonchev–Trinajstić information content (AvgIpc) is 2.25. The van der Waals surface area contributed by atoms with Crippen LogP contribution < -0.4 is 5.32 Å². The van der Waals surface area contributed by atoms with Crippen LogP contribution in [0.2, 0.25) is 0 Å². The molecule has 0 spiro atoms. The van der Waals surface area contributed by atoms with Crippen LogP contribution in [-0.4, -0.2) is 17.8 Å². The van der Waals surface area contributed by atoms with E-state index in [9.17, 15) is 4.39 Å². The molecule has 0 saturated carbocycles. The molecule has 1 unspecified atom stereocenters. The number of hydrogen-bond acceptors (Lipinski definition) is 2. The van der Waals surface area contributed by atoms with Gasteiger partial charge in [-0.2, -0.15) is 0 Å². The van der Waals surface area contributed by atoms with Gasteiger partial charge in [0.25, 0.3) is 0 Å². The smallest absolute Gasteiger partial charge is 0.123 e. The van der Waals surface area contributed by atoms with Crippen molar-refractivity contribution in [1.82, 2.24) is 5.32 Å². The highest BCUT2D eigenvalue weighted by Crippen LogP contribution is 2.20. The molecule has 0 aliphatic heterocycles. The Morgan fingerprint density at radius 3 is 2.35 bits per heavy atom. The Bertz CT molecular complexity index is 329. The fraction of sp³-hybridized carbons (Fsp3) is 0.571.